The van der Waals surface area contributed by atoms with Crippen LogP contribution in [0, 0.1) is 0 Å². The number of amides is 1. The van der Waals surface area contributed by atoms with Gasteiger partial charge >= 0.3 is 12.1 Å². The van der Waals surface area contributed by atoms with Gasteiger partial charge in [0, 0.05) is 24.2 Å². The summed E-state index contributed by atoms with van der Waals surface area (Å²) >= 11 is 0. The lowest BCUT2D eigenvalue weighted by Gasteiger charge is -2.27. The van der Waals surface area contributed by atoms with E-state index in [2.05, 4.69) is 5.32 Å². The van der Waals surface area contributed by atoms with Crippen molar-refractivity contribution < 1.29 is 42.1 Å². The molecule has 0 bridgehead atoms. The molecule has 1 amide bonds. The molecule has 1 unspecified atom stereocenters. The van der Waals surface area contributed by atoms with Crippen molar-refractivity contribution in [3.05, 3.63) is 65.0 Å². The van der Waals surface area contributed by atoms with Crippen molar-refractivity contribution in [1.29, 1.82) is 0 Å². The highest BCUT2D eigenvalue weighted by molar-refractivity contribution is 6.04. The SMILES string of the molecule is COc1cc(C2CC(=O)Nc3c(C(=O)O)cn(-c4cccc(C(F)(F)F)c4)c32)cc(OC)c1OC. The third-order valence-electron chi connectivity index (χ3n) is 5.80. The van der Waals surface area contributed by atoms with Crippen LogP contribution >= 0.6 is 0 Å². The molecule has 1 atom stereocenters. The van der Waals surface area contributed by atoms with Gasteiger partial charge in [0.1, 0.15) is 5.56 Å². The number of nitrogens with one attached hydrogen (secondary N) is 1. The summed E-state index contributed by atoms with van der Waals surface area (Å²) in [4.78, 5) is 24.6. The molecule has 3 aromatic rings. The summed E-state index contributed by atoms with van der Waals surface area (Å²) in [6.07, 6.45) is -3.48. The fourth-order valence-corrected chi connectivity index (χ4v) is 4.25. The second kappa shape index (κ2) is 8.90. The molecule has 0 saturated carbocycles. The molecule has 2 heterocycles. The molecule has 0 spiro atoms. The zero-order valence-electron chi connectivity index (χ0n) is 18.9. The Morgan fingerprint density at radius 3 is 2.29 bits per heavy atom. The first-order chi connectivity index (χ1) is 16.6. The van der Waals surface area contributed by atoms with Gasteiger partial charge in [0.05, 0.1) is 38.3 Å². The minimum atomic E-state index is -4.59. The van der Waals surface area contributed by atoms with Crippen LogP contribution in [0.1, 0.15) is 39.5 Å². The van der Waals surface area contributed by atoms with Crippen LogP contribution in [0.15, 0.2) is 42.6 Å². The summed E-state index contributed by atoms with van der Waals surface area (Å²) < 4.78 is 57.7. The number of aromatic carboxylic acids is 1. The minimum absolute atomic E-state index is 0.0184. The molecule has 0 radical (unpaired) electrons. The maximum atomic E-state index is 13.4. The molecule has 4 rings (SSSR count). The average Bonchev–Trinajstić information content (AvgIpc) is 3.21. The maximum absolute atomic E-state index is 13.4. The molecule has 0 aliphatic carbocycles. The predicted molar refractivity (Wildman–Crippen MR) is 119 cm³/mol. The van der Waals surface area contributed by atoms with Crippen LogP contribution in [-0.2, 0) is 11.0 Å². The van der Waals surface area contributed by atoms with E-state index in [1.807, 2.05) is 0 Å². The number of carboxylic acid groups (broad SMARTS) is 1. The van der Waals surface area contributed by atoms with Crippen molar-refractivity contribution >= 4 is 17.6 Å². The van der Waals surface area contributed by atoms with Gasteiger partial charge in [-0.05, 0) is 35.9 Å². The summed E-state index contributed by atoms with van der Waals surface area (Å²) in [7, 11) is 4.28. The molecule has 1 aliphatic heterocycles. The Morgan fingerprint density at radius 1 is 1.09 bits per heavy atom. The number of ether oxygens (including phenoxy) is 3. The van der Waals surface area contributed by atoms with E-state index in [-0.39, 0.29) is 23.4 Å². The van der Waals surface area contributed by atoms with E-state index in [1.54, 1.807) is 12.1 Å². The first-order valence-corrected chi connectivity index (χ1v) is 10.3. The third kappa shape index (κ3) is 4.25. The maximum Gasteiger partial charge on any atom is 0.416 e. The average molecular weight is 490 g/mol. The summed E-state index contributed by atoms with van der Waals surface area (Å²) in [5.41, 5.74) is -0.182. The number of carbonyl (C=O) groups is 2. The van der Waals surface area contributed by atoms with Crippen molar-refractivity contribution in [2.24, 2.45) is 0 Å². The number of aromatic nitrogens is 1. The Balaban J connectivity index is 1.99. The van der Waals surface area contributed by atoms with Crippen molar-refractivity contribution in [2.45, 2.75) is 18.5 Å². The monoisotopic (exact) mass is 490 g/mol. The number of alkyl halides is 3. The number of anilines is 1. The highest BCUT2D eigenvalue weighted by Crippen LogP contribution is 2.46. The number of hydrogen-bond donors (Lipinski definition) is 2. The van der Waals surface area contributed by atoms with E-state index >= 15 is 0 Å². The van der Waals surface area contributed by atoms with Crippen LogP contribution in [0.25, 0.3) is 5.69 Å². The number of benzene rings is 2. The Bertz CT molecular complexity index is 1290. The largest absolute Gasteiger partial charge is 0.493 e. The molecule has 0 fully saturated rings. The fraction of sp³-hybridized carbons (Fsp3) is 0.250. The second-order valence-electron chi connectivity index (χ2n) is 7.79. The molecular formula is C24H21F3N2O6. The van der Waals surface area contributed by atoms with Crippen LogP contribution < -0.4 is 19.5 Å². The zero-order valence-corrected chi connectivity index (χ0v) is 18.9. The van der Waals surface area contributed by atoms with Crippen LogP contribution in [0.2, 0.25) is 0 Å². The van der Waals surface area contributed by atoms with Crippen LogP contribution in [-0.4, -0.2) is 42.9 Å². The van der Waals surface area contributed by atoms with Gasteiger partial charge in [-0.1, -0.05) is 6.07 Å². The second-order valence-corrected chi connectivity index (χ2v) is 7.79. The van der Waals surface area contributed by atoms with Crippen LogP contribution in [0.4, 0.5) is 18.9 Å². The van der Waals surface area contributed by atoms with Gasteiger partial charge in [0.15, 0.2) is 11.5 Å². The molecule has 184 valence electrons. The molecule has 2 N–H and O–H groups in total. The highest BCUT2D eigenvalue weighted by atomic mass is 19.4. The first kappa shape index (κ1) is 24.0. The zero-order chi connectivity index (χ0) is 25.5. The topological polar surface area (TPSA) is 99.0 Å². The lowest BCUT2D eigenvalue weighted by molar-refractivity contribution is -0.137. The van der Waals surface area contributed by atoms with Gasteiger partial charge in [-0.2, -0.15) is 13.2 Å². The van der Waals surface area contributed by atoms with E-state index in [9.17, 15) is 27.9 Å². The van der Waals surface area contributed by atoms with Gasteiger partial charge in [-0.15, -0.1) is 0 Å². The van der Waals surface area contributed by atoms with Crippen molar-refractivity contribution in [3.8, 4) is 22.9 Å². The van der Waals surface area contributed by atoms with Crippen molar-refractivity contribution in [3.63, 3.8) is 0 Å². The van der Waals surface area contributed by atoms with Crippen molar-refractivity contribution in [1.82, 2.24) is 4.57 Å². The standard InChI is InChI=1S/C24H21F3N2O6/c1-33-17-7-12(8-18(34-2)22(17)35-3)15-10-19(30)28-20-16(23(31)32)11-29(21(15)20)14-6-4-5-13(9-14)24(25,26)27/h4-9,11,15H,10H2,1-3H3,(H,28,30)(H,31,32). The van der Waals surface area contributed by atoms with E-state index in [0.29, 0.717) is 28.5 Å². The quantitative estimate of drug-likeness (QED) is 0.520. The number of carboxylic acids is 1. The fourth-order valence-electron chi connectivity index (χ4n) is 4.25. The Morgan fingerprint density at radius 2 is 1.74 bits per heavy atom. The van der Waals surface area contributed by atoms with E-state index in [4.69, 9.17) is 14.2 Å². The molecule has 35 heavy (non-hydrogen) atoms. The number of hydrogen-bond acceptors (Lipinski definition) is 5. The lowest BCUT2D eigenvalue weighted by atomic mass is 9.87. The van der Waals surface area contributed by atoms with E-state index in [0.717, 1.165) is 12.1 Å². The Labute approximate surface area is 197 Å². The third-order valence-corrected chi connectivity index (χ3v) is 5.80. The Kier molecular flexibility index (Phi) is 6.10. The van der Waals surface area contributed by atoms with Gasteiger partial charge in [-0.25, -0.2) is 4.79 Å². The molecule has 1 aliphatic rings. The summed E-state index contributed by atoms with van der Waals surface area (Å²) in [5.74, 6) is -1.57. The number of halogens is 3. The predicted octanol–water partition coefficient (Wildman–Crippen LogP) is 4.69. The van der Waals surface area contributed by atoms with Gasteiger partial charge < -0.3 is 29.2 Å². The molecule has 11 heteroatoms. The first-order valence-electron chi connectivity index (χ1n) is 10.3. The summed E-state index contributed by atoms with van der Waals surface area (Å²) in [5, 5.41) is 12.3. The number of fused-ring (bicyclic) bond motifs is 1. The number of methoxy groups -OCH3 is 3. The molecule has 0 saturated heterocycles. The smallest absolute Gasteiger partial charge is 0.416 e. The summed E-state index contributed by atoms with van der Waals surface area (Å²) in [6.45, 7) is 0. The van der Waals surface area contributed by atoms with E-state index < -0.39 is 29.5 Å². The molecule has 1 aromatic heterocycles. The number of rotatable bonds is 6. The normalized spacial score (nSPS) is 15.3. The van der Waals surface area contributed by atoms with Gasteiger partial charge in [0.2, 0.25) is 11.7 Å². The number of carbonyl (C=O) groups excluding carboxylic acids is 1. The summed E-state index contributed by atoms with van der Waals surface area (Å²) in [6, 6.07) is 7.77. The molecule has 8 nitrogen and oxygen atoms in total. The molecular weight excluding hydrogens is 469 g/mol. The lowest BCUT2D eigenvalue weighted by Crippen LogP contribution is -2.25. The van der Waals surface area contributed by atoms with Crippen LogP contribution in [0.3, 0.4) is 0 Å². The van der Waals surface area contributed by atoms with Crippen molar-refractivity contribution in [2.75, 3.05) is 26.6 Å². The van der Waals surface area contributed by atoms with Gasteiger partial charge in [-0.3, -0.25) is 4.79 Å². The van der Waals surface area contributed by atoms with Crippen LogP contribution in [0.5, 0.6) is 17.2 Å². The minimum Gasteiger partial charge on any atom is -0.493 e. The molecule has 2 aromatic carbocycles. The Hall–Kier alpha value is -4.15. The highest BCUT2D eigenvalue weighted by Gasteiger charge is 2.36. The van der Waals surface area contributed by atoms with E-state index in [1.165, 1.54) is 44.2 Å². The number of nitrogens with zero attached hydrogens (tertiary/aromatic N) is 1. The van der Waals surface area contributed by atoms with Gasteiger partial charge in [0.25, 0.3) is 0 Å².